The topological polar surface area (TPSA) is 29.4 Å². The van der Waals surface area contributed by atoms with Crippen molar-refractivity contribution in [2.75, 3.05) is 0 Å². The molecule has 0 saturated heterocycles. The Labute approximate surface area is 123 Å². The summed E-state index contributed by atoms with van der Waals surface area (Å²) in [4.78, 5) is 14.9. The summed E-state index contributed by atoms with van der Waals surface area (Å²) in [6.45, 7) is 4.43. The second-order valence-electron chi connectivity index (χ2n) is 5.49. The van der Waals surface area contributed by atoms with E-state index in [1.807, 2.05) is 0 Å². The van der Waals surface area contributed by atoms with Gasteiger partial charge in [0.25, 0.3) is 0 Å². The maximum atomic E-state index is 10.7. The number of rotatable bonds is 4. The zero-order chi connectivity index (χ0) is 13.9. The molecule has 0 spiro atoms. The molecule has 1 unspecified atom stereocenters. The van der Waals surface area contributed by atoms with E-state index >= 15 is 0 Å². The molecule has 0 radical (unpaired) electrons. The Morgan fingerprint density at radius 3 is 2.63 bits per heavy atom. The van der Waals surface area contributed by atoms with Gasteiger partial charge in [-0.2, -0.15) is 4.99 Å². The van der Waals surface area contributed by atoms with Crippen molar-refractivity contribution >= 4 is 22.0 Å². The highest BCUT2D eigenvalue weighted by Gasteiger charge is 2.35. The first-order valence-electron chi connectivity index (χ1n) is 7.02. The maximum Gasteiger partial charge on any atom is 0.235 e. The van der Waals surface area contributed by atoms with Crippen LogP contribution in [0.15, 0.2) is 27.7 Å². The number of hydrogen-bond acceptors (Lipinski definition) is 2. The van der Waals surface area contributed by atoms with Crippen LogP contribution in [0.4, 0.5) is 0 Å². The predicted octanol–water partition coefficient (Wildman–Crippen LogP) is 5.07. The molecule has 102 valence electrons. The summed E-state index contributed by atoms with van der Waals surface area (Å²) in [7, 11) is 0. The molecule has 3 heteroatoms. The molecule has 1 aromatic rings. The SMILES string of the molecule is CCC(C)c1ccc(C2(N=C=O)CCCC2)cc1Br. The highest BCUT2D eigenvalue weighted by Crippen LogP contribution is 2.43. The largest absolute Gasteiger partial charge is 0.235 e. The number of aliphatic imine (C=N–C) groups is 1. The third kappa shape index (κ3) is 2.82. The van der Waals surface area contributed by atoms with Crippen LogP contribution >= 0.6 is 15.9 Å². The number of isocyanates is 1. The lowest BCUT2D eigenvalue weighted by atomic mass is 9.87. The minimum atomic E-state index is -0.321. The van der Waals surface area contributed by atoms with Crippen molar-refractivity contribution in [1.82, 2.24) is 0 Å². The van der Waals surface area contributed by atoms with Gasteiger partial charge in [-0.3, -0.25) is 0 Å². The lowest BCUT2D eigenvalue weighted by molar-refractivity contribution is 0.455. The van der Waals surface area contributed by atoms with E-state index in [0.29, 0.717) is 5.92 Å². The average Bonchev–Trinajstić information content (AvgIpc) is 2.88. The highest BCUT2D eigenvalue weighted by atomic mass is 79.9. The fraction of sp³-hybridized carbons (Fsp3) is 0.562. The van der Waals surface area contributed by atoms with Crippen LogP contribution < -0.4 is 0 Å². The monoisotopic (exact) mass is 321 g/mol. The summed E-state index contributed by atoms with van der Waals surface area (Å²) in [6, 6.07) is 6.46. The van der Waals surface area contributed by atoms with Gasteiger partial charge in [0.15, 0.2) is 0 Å². The van der Waals surface area contributed by atoms with E-state index in [0.717, 1.165) is 42.1 Å². The van der Waals surface area contributed by atoms with Crippen LogP contribution in [-0.4, -0.2) is 6.08 Å². The molecular weight excluding hydrogens is 302 g/mol. The molecule has 0 heterocycles. The van der Waals surface area contributed by atoms with Crippen LogP contribution in [0.25, 0.3) is 0 Å². The van der Waals surface area contributed by atoms with Gasteiger partial charge in [-0.05, 0) is 42.4 Å². The van der Waals surface area contributed by atoms with Crippen molar-refractivity contribution in [3.63, 3.8) is 0 Å². The van der Waals surface area contributed by atoms with Crippen LogP contribution in [0, 0.1) is 0 Å². The molecule has 19 heavy (non-hydrogen) atoms. The van der Waals surface area contributed by atoms with Gasteiger partial charge in [-0.15, -0.1) is 0 Å². The van der Waals surface area contributed by atoms with Gasteiger partial charge < -0.3 is 0 Å². The molecule has 0 amide bonds. The lowest BCUT2D eigenvalue weighted by Crippen LogP contribution is -2.19. The summed E-state index contributed by atoms with van der Waals surface area (Å²) in [5.41, 5.74) is 2.15. The van der Waals surface area contributed by atoms with Crippen LogP contribution in [-0.2, 0) is 10.3 Å². The minimum Gasteiger partial charge on any atom is -0.211 e. The number of nitrogens with zero attached hydrogens (tertiary/aromatic N) is 1. The zero-order valence-electron chi connectivity index (χ0n) is 11.6. The van der Waals surface area contributed by atoms with E-state index in [1.54, 1.807) is 6.08 Å². The second-order valence-corrected chi connectivity index (χ2v) is 6.34. The fourth-order valence-electron chi connectivity index (χ4n) is 2.95. The first kappa shape index (κ1) is 14.5. The van der Waals surface area contributed by atoms with Gasteiger partial charge in [0.1, 0.15) is 0 Å². The Balaban J connectivity index is 2.40. The van der Waals surface area contributed by atoms with Crippen LogP contribution in [0.5, 0.6) is 0 Å². The summed E-state index contributed by atoms with van der Waals surface area (Å²) in [6.07, 6.45) is 7.08. The van der Waals surface area contributed by atoms with Crippen molar-refractivity contribution in [1.29, 1.82) is 0 Å². The molecule has 0 aromatic heterocycles. The van der Waals surface area contributed by atoms with Crippen molar-refractivity contribution < 1.29 is 4.79 Å². The summed E-state index contributed by atoms with van der Waals surface area (Å²) in [5.74, 6) is 0.539. The summed E-state index contributed by atoms with van der Waals surface area (Å²) >= 11 is 3.67. The van der Waals surface area contributed by atoms with E-state index in [-0.39, 0.29) is 5.54 Å². The Bertz CT molecular complexity index is 499. The van der Waals surface area contributed by atoms with Gasteiger partial charge in [0, 0.05) is 4.47 Å². The normalized spacial score (nSPS) is 18.9. The van der Waals surface area contributed by atoms with E-state index in [9.17, 15) is 4.79 Å². The first-order chi connectivity index (χ1) is 9.13. The van der Waals surface area contributed by atoms with Crippen LogP contribution in [0.3, 0.4) is 0 Å². The minimum absolute atomic E-state index is 0.321. The zero-order valence-corrected chi connectivity index (χ0v) is 13.2. The standard InChI is InChI=1S/C16H20BrNO/c1-3-12(2)14-7-6-13(10-15(14)17)16(18-11-19)8-4-5-9-16/h6-7,10,12H,3-5,8-9H2,1-2H3. The molecule has 0 N–H and O–H groups in total. The second kappa shape index (κ2) is 6.02. The van der Waals surface area contributed by atoms with E-state index < -0.39 is 0 Å². The third-order valence-electron chi connectivity index (χ3n) is 4.37. The molecule has 0 aliphatic heterocycles. The Morgan fingerprint density at radius 2 is 2.11 bits per heavy atom. The van der Waals surface area contributed by atoms with Gasteiger partial charge in [0.2, 0.25) is 6.08 Å². The van der Waals surface area contributed by atoms with Gasteiger partial charge in [-0.1, -0.05) is 54.8 Å². The molecule has 1 atom stereocenters. The van der Waals surface area contributed by atoms with Crippen molar-refractivity contribution in [2.24, 2.45) is 4.99 Å². The van der Waals surface area contributed by atoms with Gasteiger partial charge >= 0.3 is 0 Å². The van der Waals surface area contributed by atoms with Crippen molar-refractivity contribution in [2.45, 2.75) is 57.4 Å². The number of benzene rings is 1. The molecule has 1 aromatic carbocycles. The maximum absolute atomic E-state index is 10.7. The quantitative estimate of drug-likeness (QED) is 0.562. The van der Waals surface area contributed by atoms with E-state index in [1.165, 1.54) is 5.56 Å². The predicted molar refractivity (Wildman–Crippen MR) is 81.1 cm³/mol. The number of carbonyl (C=O) groups excluding carboxylic acids is 1. The van der Waals surface area contributed by atoms with Crippen LogP contribution in [0.1, 0.15) is 63.0 Å². The molecule has 1 aliphatic carbocycles. The average molecular weight is 322 g/mol. The Hall–Kier alpha value is -0.920. The summed E-state index contributed by atoms with van der Waals surface area (Å²) in [5, 5.41) is 0. The Kier molecular flexibility index (Phi) is 4.59. The smallest absolute Gasteiger partial charge is 0.211 e. The van der Waals surface area contributed by atoms with Gasteiger partial charge in [-0.25, -0.2) is 4.79 Å². The molecule has 2 nitrogen and oxygen atoms in total. The lowest BCUT2D eigenvalue weighted by Gasteiger charge is -2.24. The number of hydrogen-bond donors (Lipinski definition) is 0. The van der Waals surface area contributed by atoms with Crippen molar-refractivity contribution in [3.8, 4) is 0 Å². The third-order valence-corrected chi connectivity index (χ3v) is 5.06. The fourth-order valence-corrected chi connectivity index (χ4v) is 3.72. The van der Waals surface area contributed by atoms with E-state index in [2.05, 4.69) is 53.0 Å². The number of halogens is 1. The first-order valence-corrected chi connectivity index (χ1v) is 7.81. The molecule has 0 bridgehead atoms. The highest BCUT2D eigenvalue weighted by molar-refractivity contribution is 9.10. The molecule has 1 fully saturated rings. The van der Waals surface area contributed by atoms with Gasteiger partial charge in [0.05, 0.1) is 5.54 Å². The van der Waals surface area contributed by atoms with Crippen molar-refractivity contribution in [3.05, 3.63) is 33.8 Å². The molecule has 1 aliphatic rings. The Morgan fingerprint density at radius 1 is 1.42 bits per heavy atom. The summed E-state index contributed by atoms with van der Waals surface area (Å²) < 4.78 is 1.13. The molecular formula is C16H20BrNO. The molecule has 1 saturated carbocycles. The molecule has 2 rings (SSSR count). The van der Waals surface area contributed by atoms with E-state index in [4.69, 9.17) is 0 Å². The van der Waals surface area contributed by atoms with Crippen LogP contribution in [0.2, 0.25) is 0 Å².